The lowest BCUT2D eigenvalue weighted by atomic mass is 9.74. The van der Waals surface area contributed by atoms with E-state index in [-0.39, 0.29) is 17.2 Å². The quantitative estimate of drug-likeness (QED) is 0.708. The van der Waals surface area contributed by atoms with Gasteiger partial charge in [0.1, 0.15) is 11.8 Å². The molecule has 1 amide bonds. The van der Waals surface area contributed by atoms with Gasteiger partial charge in [-0.25, -0.2) is 0 Å². The zero-order valence-electron chi connectivity index (χ0n) is 17.4. The number of nitrogens with zero attached hydrogens (tertiary/aromatic N) is 1. The van der Waals surface area contributed by atoms with Crippen molar-refractivity contribution in [3.8, 4) is 11.8 Å². The Kier molecular flexibility index (Phi) is 7.36. The number of rotatable bonds is 7. The van der Waals surface area contributed by atoms with Crippen LogP contribution in [-0.2, 0) is 14.9 Å². The van der Waals surface area contributed by atoms with Gasteiger partial charge in [0.05, 0.1) is 5.56 Å². The molecule has 1 fully saturated rings. The molecular formula is C24H27ClN2O3. The summed E-state index contributed by atoms with van der Waals surface area (Å²) in [5.41, 5.74) is 1.29. The predicted octanol–water partition coefficient (Wildman–Crippen LogP) is 4.48. The van der Waals surface area contributed by atoms with Crippen molar-refractivity contribution in [3.05, 3.63) is 64.7 Å². The van der Waals surface area contributed by atoms with E-state index >= 15 is 0 Å². The van der Waals surface area contributed by atoms with Crippen LogP contribution in [0.25, 0.3) is 0 Å². The minimum atomic E-state index is -0.698. The molecule has 0 radical (unpaired) electrons. The first kappa shape index (κ1) is 22.1. The van der Waals surface area contributed by atoms with Crippen LogP contribution in [0, 0.1) is 17.2 Å². The largest absolute Gasteiger partial charge is 0.479 e. The molecule has 2 aromatic rings. The number of nitriles is 1. The third-order valence-electron chi connectivity index (χ3n) is 5.61. The summed E-state index contributed by atoms with van der Waals surface area (Å²) in [6, 6.07) is 16.9. The highest BCUT2D eigenvalue weighted by Gasteiger charge is 2.36. The zero-order valence-corrected chi connectivity index (χ0v) is 18.1. The Morgan fingerprint density at radius 2 is 1.97 bits per heavy atom. The topological polar surface area (TPSA) is 71.3 Å². The molecule has 1 saturated heterocycles. The maximum absolute atomic E-state index is 13.1. The van der Waals surface area contributed by atoms with E-state index in [4.69, 9.17) is 21.1 Å². The number of para-hydroxylation sites is 1. The highest BCUT2D eigenvalue weighted by atomic mass is 35.5. The molecule has 1 heterocycles. The van der Waals surface area contributed by atoms with E-state index in [9.17, 15) is 10.1 Å². The SMILES string of the molecule is CC(C)C(Oc1ccccc1C#N)C(=O)NCC1(c2cccc(Cl)c2)CCOCC1. The normalized spacial score (nSPS) is 16.5. The molecule has 3 rings (SSSR count). The van der Waals surface area contributed by atoms with E-state index in [1.54, 1.807) is 24.3 Å². The Hall–Kier alpha value is -2.55. The second-order valence-corrected chi connectivity index (χ2v) is 8.45. The number of nitrogens with one attached hydrogen (secondary N) is 1. The summed E-state index contributed by atoms with van der Waals surface area (Å²) in [4.78, 5) is 13.1. The maximum Gasteiger partial charge on any atom is 0.261 e. The molecule has 2 aromatic carbocycles. The number of benzene rings is 2. The number of amides is 1. The van der Waals surface area contributed by atoms with Crippen LogP contribution in [0.15, 0.2) is 48.5 Å². The minimum Gasteiger partial charge on any atom is -0.479 e. The van der Waals surface area contributed by atoms with Crippen LogP contribution in [0.3, 0.4) is 0 Å². The van der Waals surface area contributed by atoms with Crippen LogP contribution in [-0.4, -0.2) is 31.8 Å². The predicted molar refractivity (Wildman–Crippen MR) is 117 cm³/mol. The summed E-state index contributed by atoms with van der Waals surface area (Å²) < 4.78 is 11.5. The number of carbonyl (C=O) groups excluding carboxylic acids is 1. The monoisotopic (exact) mass is 426 g/mol. The molecule has 1 N–H and O–H groups in total. The lowest BCUT2D eigenvalue weighted by molar-refractivity contribution is -0.130. The number of ether oxygens (including phenoxy) is 2. The van der Waals surface area contributed by atoms with Crippen LogP contribution in [0.5, 0.6) is 5.75 Å². The average Bonchev–Trinajstić information content (AvgIpc) is 2.76. The van der Waals surface area contributed by atoms with Gasteiger partial charge in [0.15, 0.2) is 6.10 Å². The van der Waals surface area contributed by atoms with Gasteiger partial charge in [-0.05, 0) is 48.6 Å². The molecule has 30 heavy (non-hydrogen) atoms. The van der Waals surface area contributed by atoms with Crippen LogP contribution < -0.4 is 10.1 Å². The van der Waals surface area contributed by atoms with Crippen molar-refractivity contribution in [2.45, 2.75) is 38.2 Å². The Bertz CT molecular complexity index is 917. The second kappa shape index (κ2) is 9.97. The molecule has 1 atom stereocenters. The van der Waals surface area contributed by atoms with Crippen molar-refractivity contribution < 1.29 is 14.3 Å². The van der Waals surface area contributed by atoms with Crippen molar-refractivity contribution in [1.82, 2.24) is 5.32 Å². The van der Waals surface area contributed by atoms with Gasteiger partial charge in [-0.3, -0.25) is 4.79 Å². The second-order valence-electron chi connectivity index (χ2n) is 8.01. The van der Waals surface area contributed by atoms with E-state index < -0.39 is 6.10 Å². The van der Waals surface area contributed by atoms with Crippen molar-refractivity contribution in [2.75, 3.05) is 19.8 Å². The molecule has 5 nitrogen and oxygen atoms in total. The van der Waals surface area contributed by atoms with E-state index in [0.717, 1.165) is 18.4 Å². The fraction of sp³-hybridized carbons (Fsp3) is 0.417. The first-order valence-corrected chi connectivity index (χ1v) is 10.6. The first-order chi connectivity index (χ1) is 14.4. The van der Waals surface area contributed by atoms with Crippen molar-refractivity contribution in [3.63, 3.8) is 0 Å². The van der Waals surface area contributed by atoms with E-state index in [2.05, 4.69) is 17.5 Å². The Morgan fingerprint density at radius 3 is 2.63 bits per heavy atom. The molecular weight excluding hydrogens is 400 g/mol. The lowest BCUT2D eigenvalue weighted by Crippen LogP contribution is -2.49. The van der Waals surface area contributed by atoms with Crippen LogP contribution >= 0.6 is 11.6 Å². The summed E-state index contributed by atoms with van der Waals surface area (Å²) in [6.07, 6.45) is 0.909. The fourth-order valence-corrected chi connectivity index (χ4v) is 3.99. The zero-order chi connectivity index (χ0) is 21.6. The van der Waals surface area contributed by atoms with E-state index in [0.29, 0.717) is 36.1 Å². The Morgan fingerprint density at radius 1 is 1.23 bits per heavy atom. The summed E-state index contributed by atoms with van der Waals surface area (Å²) in [5.74, 6) is 0.170. The molecule has 6 heteroatoms. The lowest BCUT2D eigenvalue weighted by Gasteiger charge is -2.38. The smallest absolute Gasteiger partial charge is 0.261 e. The summed E-state index contributed by atoms with van der Waals surface area (Å²) in [6.45, 7) is 5.62. The number of hydrogen-bond acceptors (Lipinski definition) is 4. The van der Waals surface area contributed by atoms with Crippen molar-refractivity contribution in [1.29, 1.82) is 5.26 Å². The number of hydrogen-bond donors (Lipinski definition) is 1. The summed E-state index contributed by atoms with van der Waals surface area (Å²) in [5, 5.41) is 13.1. The minimum absolute atomic E-state index is 0.0615. The fourth-order valence-electron chi connectivity index (χ4n) is 3.80. The molecule has 1 aliphatic heterocycles. The van der Waals surface area contributed by atoms with Gasteiger partial charge in [0.25, 0.3) is 5.91 Å². The molecule has 0 aromatic heterocycles. The Labute approximate surface area is 182 Å². The number of halogens is 1. The maximum atomic E-state index is 13.1. The molecule has 1 aliphatic rings. The van der Waals surface area contributed by atoms with Crippen LogP contribution in [0.4, 0.5) is 0 Å². The first-order valence-electron chi connectivity index (χ1n) is 10.2. The van der Waals surface area contributed by atoms with Crippen molar-refractivity contribution in [2.24, 2.45) is 5.92 Å². The number of carbonyl (C=O) groups is 1. The van der Waals surface area contributed by atoms with Gasteiger partial charge in [-0.1, -0.05) is 49.7 Å². The van der Waals surface area contributed by atoms with E-state index in [1.807, 2.05) is 32.0 Å². The molecule has 0 spiro atoms. The summed E-state index contributed by atoms with van der Waals surface area (Å²) >= 11 is 6.23. The van der Waals surface area contributed by atoms with Crippen LogP contribution in [0.2, 0.25) is 5.02 Å². The van der Waals surface area contributed by atoms with Gasteiger partial charge < -0.3 is 14.8 Å². The highest BCUT2D eigenvalue weighted by molar-refractivity contribution is 6.30. The van der Waals surface area contributed by atoms with Gasteiger partial charge in [0, 0.05) is 30.2 Å². The van der Waals surface area contributed by atoms with Gasteiger partial charge in [0.2, 0.25) is 0 Å². The van der Waals surface area contributed by atoms with Crippen molar-refractivity contribution >= 4 is 17.5 Å². The van der Waals surface area contributed by atoms with Crippen LogP contribution in [0.1, 0.15) is 37.8 Å². The third kappa shape index (κ3) is 5.13. The summed E-state index contributed by atoms with van der Waals surface area (Å²) in [7, 11) is 0. The standard InChI is InChI=1S/C24H27ClN2O3/c1-17(2)22(30-21-9-4-3-6-18(21)15-26)23(28)27-16-24(10-12-29-13-11-24)19-7-5-8-20(25)14-19/h3-9,14,17,22H,10-13,16H2,1-2H3,(H,27,28). The average molecular weight is 427 g/mol. The van der Waals surface area contributed by atoms with Gasteiger partial charge >= 0.3 is 0 Å². The van der Waals surface area contributed by atoms with E-state index in [1.165, 1.54) is 0 Å². The molecule has 1 unspecified atom stereocenters. The third-order valence-corrected chi connectivity index (χ3v) is 5.85. The molecule has 0 saturated carbocycles. The molecule has 158 valence electrons. The Balaban J connectivity index is 1.77. The van der Waals surface area contributed by atoms with Gasteiger partial charge in [-0.15, -0.1) is 0 Å². The van der Waals surface area contributed by atoms with Gasteiger partial charge in [-0.2, -0.15) is 5.26 Å². The molecule has 0 bridgehead atoms. The molecule has 0 aliphatic carbocycles. The highest BCUT2D eigenvalue weighted by Crippen LogP contribution is 2.35.